The fourth-order valence-electron chi connectivity index (χ4n) is 4.52. The molecule has 0 saturated heterocycles. The van der Waals surface area contributed by atoms with E-state index in [9.17, 15) is 9.59 Å². The summed E-state index contributed by atoms with van der Waals surface area (Å²) in [5.41, 5.74) is 4.09. The Kier molecular flexibility index (Phi) is 6.75. The van der Waals surface area contributed by atoms with E-state index in [0.717, 1.165) is 29.6 Å². The normalized spacial score (nSPS) is 11.5. The molecule has 0 bridgehead atoms. The lowest BCUT2D eigenvalue weighted by Crippen LogP contribution is -2.20. The molecular formula is C28H29N5O3. The van der Waals surface area contributed by atoms with Gasteiger partial charge in [0.15, 0.2) is 11.3 Å². The molecule has 0 unspecified atom stereocenters. The van der Waals surface area contributed by atoms with Crippen LogP contribution in [0.25, 0.3) is 38.9 Å². The first-order valence-corrected chi connectivity index (χ1v) is 12.6. The highest BCUT2D eigenvalue weighted by atomic mass is 16.5. The van der Waals surface area contributed by atoms with Crippen molar-refractivity contribution in [2.45, 2.75) is 52.5 Å². The van der Waals surface area contributed by atoms with Gasteiger partial charge in [-0.2, -0.15) is 0 Å². The molecule has 5 rings (SSSR count). The molecule has 0 N–H and O–H groups in total. The number of para-hydroxylation sites is 2. The maximum Gasteiger partial charge on any atom is 0.338 e. The second kappa shape index (κ2) is 10.3. The number of aromatic nitrogens is 5. The third-order valence-corrected chi connectivity index (χ3v) is 6.37. The van der Waals surface area contributed by atoms with Crippen molar-refractivity contribution >= 4 is 39.2 Å². The van der Waals surface area contributed by atoms with Crippen LogP contribution in [-0.4, -0.2) is 36.7 Å². The number of fused-ring (bicyclic) bond motifs is 4. The molecule has 0 aliphatic carbocycles. The molecule has 3 aromatic heterocycles. The minimum absolute atomic E-state index is 0.119. The van der Waals surface area contributed by atoms with E-state index >= 15 is 0 Å². The quantitative estimate of drug-likeness (QED) is 0.205. The Balaban J connectivity index is 1.67. The third kappa shape index (κ3) is 4.34. The first-order chi connectivity index (χ1) is 17.6. The van der Waals surface area contributed by atoms with E-state index in [4.69, 9.17) is 19.7 Å². The molecular weight excluding hydrogens is 454 g/mol. The van der Waals surface area contributed by atoms with Gasteiger partial charge in [-0.1, -0.05) is 44.7 Å². The second-order valence-electron chi connectivity index (χ2n) is 8.84. The van der Waals surface area contributed by atoms with Crippen molar-refractivity contribution in [3.8, 4) is 5.69 Å². The smallest absolute Gasteiger partial charge is 0.338 e. The summed E-state index contributed by atoms with van der Waals surface area (Å²) in [5, 5.41) is 0.453. The van der Waals surface area contributed by atoms with Crippen LogP contribution in [0.4, 0.5) is 0 Å². The summed E-state index contributed by atoms with van der Waals surface area (Å²) in [6.07, 6.45) is 7.18. The summed E-state index contributed by atoms with van der Waals surface area (Å²) in [4.78, 5) is 40.2. The first-order valence-electron chi connectivity index (χ1n) is 12.6. The van der Waals surface area contributed by atoms with Gasteiger partial charge >= 0.3 is 5.97 Å². The van der Waals surface area contributed by atoms with Gasteiger partial charge in [-0.3, -0.25) is 13.9 Å². The molecule has 5 aromatic rings. The number of carbonyl (C=O) groups is 1. The summed E-state index contributed by atoms with van der Waals surface area (Å²) >= 11 is 0. The summed E-state index contributed by atoms with van der Waals surface area (Å²) < 4.78 is 8.62. The minimum atomic E-state index is -0.378. The fourth-order valence-corrected chi connectivity index (χ4v) is 4.52. The van der Waals surface area contributed by atoms with Crippen LogP contribution in [0, 0.1) is 0 Å². The Morgan fingerprint density at radius 3 is 2.33 bits per heavy atom. The molecule has 0 aliphatic heterocycles. The molecule has 184 valence electrons. The van der Waals surface area contributed by atoms with Gasteiger partial charge in [0.25, 0.3) is 5.56 Å². The van der Waals surface area contributed by atoms with Crippen molar-refractivity contribution < 1.29 is 9.53 Å². The van der Waals surface area contributed by atoms with Crippen LogP contribution in [-0.2, 0) is 11.3 Å². The Morgan fingerprint density at radius 2 is 1.61 bits per heavy atom. The molecule has 8 nitrogen and oxygen atoms in total. The number of unbranched alkanes of at least 4 members (excludes halogenated alkanes) is 4. The molecule has 36 heavy (non-hydrogen) atoms. The van der Waals surface area contributed by atoms with Crippen LogP contribution in [0.5, 0.6) is 0 Å². The van der Waals surface area contributed by atoms with Crippen LogP contribution in [0.3, 0.4) is 0 Å². The van der Waals surface area contributed by atoms with Crippen molar-refractivity contribution in [3.05, 3.63) is 70.8 Å². The maximum absolute atomic E-state index is 13.6. The number of rotatable bonds is 9. The molecule has 0 fully saturated rings. The predicted molar refractivity (Wildman–Crippen MR) is 141 cm³/mol. The topological polar surface area (TPSA) is 91.9 Å². The molecule has 0 spiro atoms. The van der Waals surface area contributed by atoms with Gasteiger partial charge in [-0.25, -0.2) is 19.7 Å². The summed E-state index contributed by atoms with van der Waals surface area (Å²) in [6, 6.07) is 14.6. The zero-order chi connectivity index (χ0) is 25.1. The van der Waals surface area contributed by atoms with Crippen molar-refractivity contribution in [1.82, 2.24) is 24.1 Å². The summed E-state index contributed by atoms with van der Waals surface area (Å²) in [7, 11) is 0. The maximum atomic E-state index is 13.6. The third-order valence-electron chi connectivity index (χ3n) is 6.37. The SMILES string of the molecule is CCCCCCCn1cnc2c(c1=O)c1nc3ccccc3nc1n2-c1ccc(C(=O)OCC)cc1. The zero-order valence-corrected chi connectivity index (χ0v) is 20.6. The van der Waals surface area contributed by atoms with Gasteiger partial charge in [0, 0.05) is 12.2 Å². The Labute approximate surface area is 208 Å². The summed E-state index contributed by atoms with van der Waals surface area (Å²) in [6.45, 7) is 4.89. The lowest BCUT2D eigenvalue weighted by atomic mass is 10.1. The number of nitrogens with zero attached hydrogens (tertiary/aromatic N) is 5. The Bertz CT molecular complexity index is 1600. The second-order valence-corrected chi connectivity index (χ2v) is 8.84. The fraction of sp³-hybridized carbons (Fsp3) is 0.321. The molecule has 0 saturated carbocycles. The van der Waals surface area contributed by atoms with Crippen molar-refractivity contribution in [1.29, 1.82) is 0 Å². The van der Waals surface area contributed by atoms with Crippen molar-refractivity contribution in [2.75, 3.05) is 6.61 Å². The van der Waals surface area contributed by atoms with Crippen LogP contribution >= 0.6 is 0 Å². The molecule has 0 aliphatic rings. The van der Waals surface area contributed by atoms with Gasteiger partial charge in [0.1, 0.15) is 10.9 Å². The average Bonchev–Trinajstić information content (AvgIpc) is 3.22. The number of hydrogen-bond donors (Lipinski definition) is 0. The average molecular weight is 484 g/mol. The number of hydrogen-bond acceptors (Lipinski definition) is 6. The first kappa shape index (κ1) is 23.7. The van der Waals surface area contributed by atoms with Crippen molar-refractivity contribution in [3.63, 3.8) is 0 Å². The molecule has 8 heteroatoms. The largest absolute Gasteiger partial charge is 0.462 e. The Morgan fingerprint density at radius 1 is 0.889 bits per heavy atom. The van der Waals surface area contributed by atoms with E-state index in [1.54, 1.807) is 30.0 Å². The zero-order valence-electron chi connectivity index (χ0n) is 20.6. The van der Waals surface area contributed by atoms with E-state index in [0.29, 0.717) is 40.9 Å². The van der Waals surface area contributed by atoms with Gasteiger partial charge in [0.2, 0.25) is 0 Å². The number of ether oxygens (including phenoxy) is 1. The van der Waals surface area contributed by atoms with E-state index in [-0.39, 0.29) is 11.5 Å². The van der Waals surface area contributed by atoms with Crippen LogP contribution in [0.15, 0.2) is 59.7 Å². The molecule has 0 amide bonds. The number of aryl methyl sites for hydroxylation is 1. The molecule has 0 atom stereocenters. The molecule has 2 aromatic carbocycles. The standard InChI is InChI=1S/C28H29N5O3/c1-3-5-6-7-10-17-32-18-29-25-23(27(32)34)24-26(31-22-12-9-8-11-21(22)30-24)33(25)20-15-13-19(14-16-20)28(35)36-4-2/h8-9,11-16,18H,3-7,10,17H2,1-2H3. The number of benzene rings is 2. The number of esters is 1. The Hall–Kier alpha value is -4.07. The lowest BCUT2D eigenvalue weighted by molar-refractivity contribution is 0.0526. The highest BCUT2D eigenvalue weighted by Crippen LogP contribution is 2.28. The van der Waals surface area contributed by atoms with Crippen molar-refractivity contribution in [2.24, 2.45) is 0 Å². The van der Waals surface area contributed by atoms with E-state index in [2.05, 4.69) is 6.92 Å². The number of carbonyl (C=O) groups excluding carboxylic acids is 1. The van der Waals surface area contributed by atoms with Gasteiger partial charge in [-0.05, 0) is 49.7 Å². The lowest BCUT2D eigenvalue weighted by Gasteiger charge is -2.09. The van der Waals surface area contributed by atoms with Gasteiger partial charge in [-0.15, -0.1) is 0 Å². The molecule has 3 heterocycles. The highest BCUT2D eigenvalue weighted by molar-refractivity contribution is 6.05. The van der Waals surface area contributed by atoms with E-state index in [1.165, 1.54) is 19.3 Å². The van der Waals surface area contributed by atoms with Gasteiger partial charge in [0.05, 0.1) is 29.5 Å². The minimum Gasteiger partial charge on any atom is -0.462 e. The monoisotopic (exact) mass is 483 g/mol. The highest BCUT2D eigenvalue weighted by Gasteiger charge is 2.21. The summed E-state index contributed by atoms with van der Waals surface area (Å²) in [5.74, 6) is -0.378. The van der Waals surface area contributed by atoms with Crippen LogP contribution in [0.2, 0.25) is 0 Å². The van der Waals surface area contributed by atoms with E-state index in [1.807, 2.05) is 41.0 Å². The van der Waals surface area contributed by atoms with Crippen LogP contribution < -0.4 is 5.56 Å². The van der Waals surface area contributed by atoms with E-state index < -0.39 is 0 Å². The van der Waals surface area contributed by atoms with Crippen LogP contribution in [0.1, 0.15) is 56.3 Å². The molecule has 0 radical (unpaired) electrons. The predicted octanol–water partition coefficient (Wildman–Crippen LogP) is 5.43. The van der Waals surface area contributed by atoms with Gasteiger partial charge < -0.3 is 4.74 Å².